The number of pyridine rings is 1. The van der Waals surface area contributed by atoms with Crippen LogP contribution in [0.3, 0.4) is 0 Å². The number of benzene rings is 2. The number of aryl methyl sites for hydroxylation is 1. The van der Waals surface area contributed by atoms with Crippen molar-refractivity contribution < 1.29 is 23.7 Å². The summed E-state index contributed by atoms with van der Waals surface area (Å²) in [7, 11) is 0. The van der Waals surface area contributed by atoms with Crippen LogP contribution in [0.2, 0.25) is 0 Å². The standard InChI is InChI=1S/C28H26FNO.C7H12O3.C3H8/c1-5-8-24(9-6-2)31-25-17-15-22(16-18-25)21-11-13-23(14-12-21)28-26(29)19-20(4)27(30-28)10-7-3;1-4-2-9-7-5(8)3-10-6(4)7;1-3-2/h5-19H,1H2,2-4H3;4-8H,2-3H2,1H3;3H2,1-2H3/b9-6-,10-7+,24-8+;;/t;4?,5?,6-,7-;/m.1./s1. The van der Waals surface area contributed by atoms with Gasteiger partial charge in [-0.15, -0.1) is 0 Å². The third-order valence-corrected chi connectivity index (χ3v) is 7.00. The third-order valence-electron chi connectivity index (χ3n) is 7.00. The highest BCUT2D eigenvalue weighted by molar-refractivity contribution is 5.70. The van der Waals surface area contributed by atoms with Gasteiger partial charge in [-0.05, 0) is 73.9 Å². The maximum Gasteiger partial charge on any atom is 0.149 e. The number of ether oxygens (including phenoxy) is 3. The predicted molar refractivity (Wildman–Crippen MR) is 179 cm³/mol. The van der Waals surface area contributed by atoms with Crippen LogP contribution in [0.1, 0.15) is 52.3 Å². The van der Waals surface area contributed by atoms with Gasteiger partial charge in [-0.3, -0.25) is 0 Å². The number of nitrogens with zero attached hydrogens (tertiary/aromatic N) is 1. The number of fused-ring (bicyclic) bond motifs is 1. The zero-order valence-corrected chi connectivity index (χ0v) is 26.8. The molecule has 2 fully saturated rings. The van der Waals surface area contributed by atoms with Crippen LogP contribution in [0.25, 0.3) is 28.5 Å². The van der Waals surface area contributed by atoms with Crippen LogP contribution in [0.15, 0.2) is 97.3 Å². The van der Waals surface area contributed by atoms with Crippen molar-refractivity contribution in [3.63, 3.8) is 0 Å². The molecule has 3 aromatic rings. The van der Waals surface area contributed by atoms with Crippen LogP contribution < -0.4 is 4.74 Å². The normalized spacial score (nSPS) is 21.0. The maximum absolute atomic E-state index is 14.5. The number of aliphatic hydroxyl groups is 1. The largest absolute Gasteiger partial charge is 0.457 e. The molecule has 2 aliphatic rings. The van der Waals surface area contributed by atoms with Crippen molar-refractivity contribution in [1.29, 1.82) is 0 Å². The molecule has 2 saturated heterocycles. The zero-order valence-electron chi connectivity index (χ0n) is 26.8. The van der Waals surface area contributed by atoms with Crippen LogP contribution in [-0.4, -0.2) is 41.6 Å². The van der Waals surface area contributed by atoms with E-state index in [1.54, 1.807) is 6.08 Å². The highest BCUT2D eigenvalue weighted by Gasteiger charge is 2.44. The van der Waals surface area contributed by atoms with Crippen LogP contribution in [0.5, 0.6) is 5.75 Å². The van der Waals surface area contributed by atoms with E-state index in [2.05, 4.69) is 32.3 Å². The number of hydrogen-bond donors (Lipinski definition) is 1. The molecular weight excluding hydrogens is 553 g/mol. The lowest BCUT2D eigenvalue weighted by Gasteiger charge is -2.10. The van der Waals surface area contributed by atoms with Gasteiger partial charge in [0.1, 0.15) is 35.2 Å². The van der Waals surface area contributed by atoms with E-state index < -0.39 is 6.10 Å². The van der Waals surface area contributed by atoms with Gasteiger partial charge >= 0.3 is 0 Å². The van der Waals surface area contributed by atoms with Crippen molar-refractivity contribution in [3.8, 4) is 28.1 Å². The lowest BCUT2D eigenvalue weighted by atomic mass is 10.0. The summed E-state index contributed by atoms with van der Waals surface area (Å²) in [5.74, 6) is 1.60. The van der Waals surface area contributed by atoms with E-state index in [1.807, 2.05) is 99.7 Å². The average Bonchev–Trinajstić information content (AvgIpc) is 3.58. The van der Waals surface area contributed by atoms with Gasteiger partial charge in [0.05, 0.1) is 25.0 Å². The molecule has 2 unspecified atom stereocenters. The molecule has 3 heterocycles. The Morgan fingerprint density at radius 1 is 0.977 bits per heavy atom. The van der Waals surface area contributed by atoms with E-state index in [1.165, 1.54) is 12.5 Å². The SMILES string of the molecule is C=C/C=C(\C=C/C)Oc1ccc(-c2ccc(-c3nc(/C=C/C)c(C)cc3F)cc2)cc1.CC1CO[C@@H]2C(O)CO[C@H]12.CCC. The lowest BCUT2D eigenvalue weighted by molar-refractivity contribution is 0.0173. The monoisotopic (exact) mass is 599 g/mol. The molecule has 4 atom stereocenters. The summed E-state index contributed by atoms with van der Waals surface area (Å²) in [6.07, 6.45) is 12.1. The molecule has 0 spiro atoms. The zero-order chi connectivity index (χ0) is 32.1. The smallest absolute Gasteiger partial charge is 0.149 e. The summed E-state index contributed by atoms with van der Waals surface area (Å²) in [6.45, 7) is 16.9. The summed E-state index contributed by atoms with van der Waals surface area (Å²) >= 11 is 0. The first kappa shape index (κ1) is 34.6. The molecule has 2 aliphatic heterocycles. The fourth-order valence-corrected chi connectivity index (χ4v) is 4.87. The van der Waals surface area contributed by atoms with Crippen molar-refractivity contribution in [2.45, 2.75) is 66.3 Å². The van der Waals surface area contributed by atoms with Crippen LogP contribution in [0, 0.1) is 18.7 Å². The summed E-state index contributed by atoms with van der Waals surface area (Å²) in [6, 6.07) is 17.1. The van der Waals surface area contributed by atoms with Crippen LogP contribution in [0.4, 0.5) is 4.39 Å². The molecule has 234 valence electrons. The molecule has 1 N–H and O–H groups in total. The maximum atomic E-state index is 14.5. The van der Waals surface area contributed by atoms with Gasteiger partial charge in [0, 0.05) is 11.5 Å². The van der Waals surface area contributed by atoms with Gasteiger partial charge in [0.25, 0.3) is 0 Å². The molecule has 0 amide bonds. The first-order valence-corrected chi connectivity index (χ1v) is 15.3. The predicted octanol–water partition coefficient (Wildman–Crippen LogP) is 9.12. The van der Waals surface area contributed by atoms with E-state index in [-0.39, 0.29) is 18.0 Å². The van der Waals surface area contributed by atoms with Crippen LogP contribution >= 0.6 is 0 Å². The first-order valence-electron chi connectivity index (χ1n) is 15.3. The summed E-state index contributed by atoms with van der Waals surface area (Å²) in [5.41, 5.74) is 4.79. The second-order valence-electron chi connectivity index (χ2n) is 10.9. The number of aromatic nitrogens is 1. The average molecular weight is 600 g/mol. The summed E-state index contributed by atoms with van der Waals surface area (Å²) in [5, 5.41) is 9.27. The topological polar surface area (TPSA) is 60.8 Å². The molecule has 0 bridgehead atoms. The minimum Gasteiger partial charge on any atom is -0.457 e. The number of hydrogen-bond acceptors (Lipinski definition) is 5. The molecule has 1 aromatic heterocycles. The lowest BCUT2D eigenvalue weighted by Crippen LogP contribution is -2.28. The highest BCUT2D eigenvalue weighted by Crippen LogP contribution is 2.31. The van der Waals surface area contributed by atoms with E-state index in [9.17, 15) is 9.50 Å². The molecular formula is C38H46FNO4. The van der Waals surface area contributed by atoms with Crippen LogP contribution in [-0.2, 0) is 9.47 Å². The molecule has 0 radical (unpaired) electrons. The Bertz CT molecular complexity index is 1410. The van der Waals surface area contributed by atoms with Crippen molar-refractivity contribution in [1.82, 2.24) is 4.98 Å². The Balaban J connectivity index is 0.000000335. The van der Waals surface area contributed by atoms with Gasteiger partial charge < -0.3 is 19.3 Å². The highest BCUT2D eigenvalue weighted by atomic mass is 19.1. The van der Waals surface area contributed by atoms with Crippen molar-refractivity contribution in [3.05, 3.63) is 114 Å². The minimum atomic E-state index is -0.394. The van der Waals surface area contributed by atoms with E-state index in [4.69, 9.17) is 14.2 Å². The quantitative estimate of drug-likeness (QED) is 0.217. The van der Waals surface area contributed by atoms with Gasteiger partial charge in [0.15, 0.2) is 0 Å². The number of allylic oxidation sites excluding steroid dienone is 5. The Kier molecular flexibility index (Phi) is 13.7. The third kappa shape index (κ3) is 9.33. The summed E-state index contributed by atoms with van der Waals surface area (Å²) in [4.78, 5) is 4.51. The molecule has 5 rings (SSSR count). The first-order chi connectivity index (χ1) is 21.3. The Hall–Kier alpha value is -3.84. The molecule has 0 aliphatic carbocycles. The fraction of sp³-hybridized carbons (Fsp3) is 0.342. The molecule has 2 aromatic carbocycles. The second kappa shape index (κ2) is 17.5. The van der Waals surface area contributed by atoms with E-state index >= 15 is 0 Å². The summed E-state index contributed by atoms with van der Waals surface area (Å²) < 4.78 is 31.0. The van der Waals surface area contributed by atoms with E-state index in [0.717, 1.165) is 46.1 Å². The molecule has 5 nitrogen and oxygen atoms in total. The second-order valence-corrected chi connectivity index (χ2v) is 10.9. The minimum absolute atomic E-state index is 0.0463. The Morgan fingerprint density at radius 2 is 1.57 bits per heavy atom. The molecule has 44 heavy (non-hydrogen) atoms. The molecule has 6 heteroatoms. The van der Waals surface area contributed by atoms with E-state index in [0.29, 0.717) is 18.2 Å². The Labute approximate surface area is 262 Å². The van der Waals surface area contributed by atoms with Gasteiger partial charge in [-0.25, -0.2) is 9.37 Å². The number of rotatable bonds is 7. The number of aliphatic hydroxyl groups excluding tert-OH is 1. The van der Waals surface area contributed by atoms with Crippen molar-refractivity contribution in [2.75, 3.05) is 13.2 Å². The Morgan fingerprint density at radius 3 is 2.14 bits per heavy atom. The van der Waals surface area contributed by atoms with Gasteiger partial charge in [0.2, 0.25) is 0 Å². The number of halogens is 1. The fourth-order valence-electron chi connectivity index (χ4n) is 4.87. The van der Waals surface area contributed by atoms with Crippen molar-refractivity contribution >= 4 is 6.08 Å². The van der Waals surface area contributed by atoms with Gasteiger partial charge in [-0.1, -0.05) is 88.4 Å². The van der Waals surface area contributed by atoms with Crippen molar-refractivity contribution in [2.24, 2.45) is 5.92 Å². The van der Waals surface area contributed by atoms with Gasteiger partial charge in [-0.2, -0.15) is 0 Å². The molecule has 0 saturated carbocycles.